The number of nitro groups is 2. The first kappa shape index (κ1) is 32.5. The van der Waals surface area contributed by atoms with Crippen LogP contribution in [0, 0.1) is 39.9 Å². The van der Waals surface area contributed by atoms with E-state index in [9.17, 15) is 24.6 Å². The molecule has 3 heterocycles. The molecule has 0 fully saturated rings. The molecule has 0 bridgehead atoms. The van der Waals surface area contributed by atoms with Gasteiger partial charge in [-0.15, -0.1) is 0 Å². The monoisotopic (exact) mass is 598 g/mol. The largest absolute Gasteiger partial charge is 0.399 e. The van der Waals surface area contributed by atoms with Crippen LogP contribution in [0.1, 0.15) is 24.7 Å². The maximum Gasteiger partial charge on any atom is 0.269 e. The van der Waals surface area contributed by atoms with Crippen LogP contribution in [-0.4, -0.2) is 35.2 Å². The minimum atomic E-state index is -0.570. The number of nitrogen functional groups attached to an aromatic ring is 1. The Labute approximate surface area is 253 Å². The number of hydrogen-bond acceptors (Lipinski definition) is 8. The van der Waals surface area contributed by atoms with Crippen LogP contribution in [-0.2, 0) is 0 Å². The Morgan fingerprint density at radius 3 is 1.48 bits per heavy atom. The standard InChI is InChI=1S/C10H9N3O2.C10H11N3.C6H4FNO2.C5H7N/c1-8-6-12(7-11-8)9-2-4-10(5-3-9)13(14)15;1-8-6-13(7-12-8)10-4-2-9(11)3-5-10;7-5-1-3-6(4-2-5)8(9)10;1-5-3-2-4-6-5/h2-7H,1H3;2-7H,11H2,1H3;1-4H;3-4H,2H2,1H3. The summed E-state index contributed by atoms with van der Waals surface area (Å²) in [6.45, 7) is 5.86. The van der Waals surface area contributed by atoms with E-state index in [1.54, 1.807) is 24.8 Å². The number of benzene rings is 3. The molecule has 13 heteroatoms. The van der Waals surface area contributed by atoms with Crippen molar-refractivity contribution in [1.82, 2.24) is 19.1 Å². The van der Waals surface area contributed by atoms with E-state index < -0.39 is 15.7 Å². The van der Waals surface area contributed by atoms with Crippen LogP contribution in [0.2, 0.25) is 0 Å². The summed E-state index contributed by atoms with van der Waals surface area (Å²) in [6, 6.07) is 18.4. The normalized spacial score (nSPS) is 11.1. The molecule has 12 nitrogen and oxygen atoms in total. The minimum Gasteiger partial charge on any atom is -0.399 e. The highest BCUT2D eigenvalue weighted by molar-refractivity contribution is 5.64. The number of anilines is 1. The first-order valence-electron chi connectivity index (χ1n) is 13.2. The third-order valence-electron chi connectivity index (χ3n) is 5.82. The van der Waals surface area contributed by atoms with E-state index in [1.165, 1.54) is 12.1 Å². The lowest BCUT2D eigenvalue weighted by Gasteiger charge is -2.00. The van der Waals surface area contributed by atoms with Crippen LogP contribution < -0.4 is 5.73 Å². The zero-order valence-corrected chi connectivity index (χ0v) is 24.3. The maximum atomic E-state index is 12.1. The van der Waals surface area contributed by atoms with E-state index >= 15 is 0 Å². The van der Waals surface area contributed by atoms with Gasteiger partial charge in [0.25, 0.3) is 11.4 Å². The summed E-state index contributed by atoms with van der Waals surface area (Å²) >= 11 is 0. The van der Waals surface area contributed by atoms with Crippen molar-refractivity contribution in [3.63, 3.8) is 0 Å². The van der Waals surface area contributed by atoms with E-state index in [-0.39, 0.29) is 11.4 Å². The number of allylic oxidation sites excluding steroid dienone is 2. The minimum absolute atomic E-state index is 0.0931. The number of aliphatic imine (C=N–C) groups is 1. The molecule has 0 amide bonds. The fourth-order valence-electron chi connectivity index (χ4n) is 3.55. The van der Waals surface area contributed by atoms with Crippen molar-refractivity contribution in [3.8, 4) is 11.4 Å². The second kappa shape index (κ2) is 15.9. The van der Waals surface area contributed by atoms with Crippen molar-refractivity contribution >= 4 is 23.3 Å². The van der Waals surface area contributed by atoms with Crippen molar-refractivity contribution in [2.24, 2.45) is 4.99 Å². The molecule has 2 N–H and O–H groups in total. The van der Waals surface area contributed by atoms with Gasteiger partial charge in [-0.1, -0.05) is 6.08 Å². The number of hydrogen-bond donors (Lipinski definition) is 1. The maximum absolute atomic E-state index is 12.1. The van der Waals surface area contributed by atoms with Gasteiger partial charge in [0.15, 0.2) is 0 Å². The van der Waals surface area contributed by atoms with Crippen molar-refractivity contribution in [3.05, 3.63) is 147 Å². The topological polar surface area (TPSA) is 160 Å². The molecule has 0 unspecified atom stereocenters. The summed E-state index contributed by atoms with van der Waals surface area (Å²) in [7, 11) is 0. The third-order valence-corrected chi connectivity index (χ3v) is 5.82. The molecule has 6 rings (SSSR count). The first-order valence-corrected chi connectivity index (χ1v) is 13.2. The number of non-ortho nitro benzene ring substituents is 2. The lowest BCUT2D eigenvalue weighted by atomic mass is 10.3. The van der Waals surface area contributed by atoms with Gasteiger partial charge in [-0.05, 0) is 69.3 Å². The van der Waals surface area contributed by atoms with Crippen LogP contribution in [0.25, 0.3) is 11.4 Å². The number of nitro benzene ring substituents is 2. The van der Waals surface area contributed by atoms with E-state index in [4.69, 9.17) is 5.73 Å². The second-order valence-corrected chi connectivity index (χ2v) is 9.34. The van der Waals surface area contributed by atoms with Gasteiger partial charge in [0.1, 0.15) is 5.82 Å². The zero-order chi connectivity index (χ0) is 32.1. The molecule has 0 spiro atoms. The molecule has 0 saturated heterocycles. The summed E-state index contributed by atoms with van der Waals surface area (Å²) in [5.41, 5.74) is 11.4. The Bertz CT molecular complexity index is 1720. The van der Waals surface area contributed by atoms with Gasteiger partial charge >= 0.3 is 0 Å². The highest BCUT2D eigenvalue weighted by Crippen LogP contribution is 2.15. The number of imidazole rings is 2. The summed E-state index contributed by atoms with van der Waals surface area (Å²) in [5.74, 6) is -0.467. The average molecular weight is 599 g/mol. The molecule has 1 aliphatic rings. The van der Waals surface area contributed by atoms with Gasteiger partial charge in [-0.25, -0.2) is 14.4 Å². The second-order valence-electron chi connectivity index (χ2n) is 9.34. The Morgan fingerprint density at radius 2 is 1.16 bits per heavy atom. The molecule has 0 atom stereocenters. The molecule has 1 aliphatic heterocycles. The van der Waals surface area contributed by atoms with Crippen LogP contribution in [0.15, 0.2) is 115 Å². The zero-order valence-electron chi connectivity index (χ0n) is 24.3. The SMILES string of the molecule is CC1=CCC=N1.Cc1cn(-c2ccc(N)cc2)cn1.Cc1cn(-c2ccc([N+](=O)[O-])cc2)cn1.O=[N+]([O-])c1ccc(F)cc1. The molecular formula is C31H31FN8O4. The van der Waals surface area contributed by atoms with Crippen molar-refractivity contribution < 1.29 is 14.2 Å². The van der Waals surface area contributed by atoms with Crippen LogP contribution in [0.3, 0.4) is 0 Å². The van der Waals surface area contributed by atoms with E-state index in [0.717, 1.165) is 64.8 Å². The Morgan fingerprint density at radius 1 is 0.727 bits per heavy atom. The third kappa shape index (κ3) is 10.4. The number of aryl methyl sites for hydroxylation is 2. The van der Waals surface area contributed by atoms with Crippen LogP contribution >= 0.6 is 0 Å². The lowest BCUT2D eigenvalue weighted by molar-refractivity contribution is -0.385. The molecule has 2 aromatic heterocycles. The lowest BCUT2D eigenvalue weighted by Crippen LogP contribution is -1.91. The van der Waals surface area contributed by atoms with Crippen molar-refractivity contribution in [2.75, 3.05) is 5.73 Å². The molecule has 0 saturated carbocycles. The smallest absolute Gasteiger partial charge is 0.269 e. The van der Waals surface area contributed by atoms with Gasteiger partial charge in [0.05, 0.1) is 33.9 Å². The number of aromatic nitrogens is 4. The Hall–Kier alpha value is -5.98. The molecule has 44 heavy (non-hydrogen) atoms. The summed E-state index contributed by atoms with van der Waals surface area (Å²) in [6.07, 6.45) is 12.4. The molecule has 0 radical (unpaired) electrons. The molecule has 3 aromatic carbocycles. The Kier molecular flexibility index (Phi) is 11.7. The molecule has 0 aliphatic carbocycles. The molecule has 226 valence electrons. The van der Waals surface area contributed by atoms with Gasteiger partial charge in [-0.3, -0.25) is 25.2 Å². The number of nitrogens with two attached hydrogens (primary N) is 1. The van der Waals surface area contributed by atoms with Gasteiger partial charge in [-0.2, -0.15) is 0 Å². The number of halogens is 1. The van der Waals surface area contributed by atoms with Gasteiger partial charge in [0, 0.05) is 72.1 Å². The molecule has 5 aromatic rings. The highest BCUT2D eigenvalue weighted by atomic mass is 19.1. The summed E-state index contributed by atoms with van der Waals surface area (Å²) in [4.78, 5) is 31.6. The average Bonchev–Trinajstić information content (AvgIpc) is 3.78. The number of nitrogens with zero attached hydrogens (tertiary/aromatic N) is 7. The fourth-order valence-corrected chi connectivity index (χ4v) is 3.55. The van der Waals surface area contributed by atoms with E-state index in [2.05, 4.69) is 21.0 Å². The highest BCUT2D eigenvalue weighted by Gasteiger charge is 2.05. The quantitative estimate of drug-likeness (QED) is 0.133. The first-order chi connectivity index (χ1) is 21.0. The predicted octanol–water partition coefficient (Wildman–Crippen LogP) is 6.95. The van der Waals surface area contributed by atoms with Crippen molar-refractivity contribution in [2.45, 2.75) is 27.2 Å². The van der Waals surface area contributed by atoms with Gasteiger partial charge < -0.3 is 14.9 Å². The van der Waals surface area contributed by atoms with Crippen LogP contribution in [0.5, 0.6) is 0 Å². The Balaban J connectivity index is 0.000000167. The number of rotatable bonds is 4. The molecular weight excluding hydrogens is 567 g/mol. The predicted molar refractivity (Wildman–Crippen MR) is 168 cm³/mol. The van der Waals surface area contributed by atoms with Crippen LogP contribution in [0.4, 0.5) is 21.5 Å². The van der Waals surface area contributed by atoms with Gasteiger partial charge in [0.2, 0.25) is 0 Å². The summed E-state index contributed by atoms with van der Waals surface area (Å²) < 4.78 is 15.9. The van der Waals surface area contributed by atoms with E-state index in [1.807, 2.05) is 72.8 Å². The fraction of sp³-hybridized carbons (Fsp3) is 0.129. The summed E-state index contributed by atoms with van der Waals surface area (Å²) in [5, 5.41) is 20.4. The van der Waals surface area contributed by atoms with Crippen molar-refractivity contribution in [1.29, 1.82) is 0 Å². The van der Waals surface area contributed by atoms with E-state index in [0.29, 0.717) is 0 Å².